The summed E-state index contributed by atoms with van der Waals surface area (Å²) in [6.45, 7) is 5.63. The summed E-state index contributed by atoms with van der Waals surface area (Å²) in [6, 6.07) is 8.16. The van der Waals surface area contributed by atoms with Crippen molar-refractivity contribution >= 4 is 0 Å². The third kappa shape index (κ3) is 4.12. The van der Waals surface area contributed by atoms with Crippen molar-refractivity contribution in [2.24, 2.45) is 0 Å². The van der Waals surface area contributed by atoms with Crippen molar-refractivity contribution in [2.45, 2.75) is 32.2 Å². The molecule has 2 heterocycles. The lowest BCUT2D eigenvalue weighted by Gasteiger charge is -2.32. The molecule has 23 heavy (non-hydrogen) atoms. The first-order valence-corrected chi connectivity index (χ1v) is 8.31. The first-order chi connectivity index (χ1) is 11.3. The van der Waals surface area contributed by atoms with Gasteiger partial charge in [0.2, 0.25) is 0 Å². The minimum atomic E-state index is 0.0432. The highest BCUT2D eigenvalue weighted by Crippen LogP contribution is 2.28. The van der Waals surface area contributed by atoms with Gasteiger partial charge in [-0.15, -0.1) is 0 Å². The zero-order chi connectivity index (χ0) is 16.1. The third-order valence-electron chi connectivity index (χ3n) is 4.45. The van der Waals surface area contributed by atoms with E-state index in [1.165, 1.54) is 29.7 Å². The molecule has 124 valence electrons. The van der Waals surface area contributed by atoms with Crippen molar-refractivity contribution in [3.05, 3.63) is 47.3 Å². The maximum absolute atomic E-state index is 8.86. The second-order valence-corrected chi connectivity index (χ2v) is 6.26. The van der Waals surface area contributed by atoms with Crippen molar-refractivity contribution in [3.8, 4) is 5.75 Å². The van der Waals surface area contributed by atoms with E-state index in [-0.39, 0.29) is 6.61 Å². The standard InChI is InChI=1S/C18H25N3O2/c1-14-11-19-20-18(14)16-5-3-7-21(13-16)12-15-4-2-6-17(10-15)23-9-8-22/h2,4,6,10-11,16,22H,3,5,7-9,12-13H2,1H3,(H,19,20)/t16-/m0/s1. The summed E-state index contributed by atoms with van der Waals surface area (Å²) in [7, 11) is 0. The highest BCUT2D eigenvalue weighted by Gasteiger charge is 2.23. The summed E-state index contributed by atoms with van der Waals surface area (Å²) in [5.41, 5.74) is 3.80. The molecule has 5 heteroatoms. The van der Waals surface area contributed by atoms with Crippen LogP contribution in [0.2, 0.25) is 0 Å². The van der Waals surface area contributed by atoms with Crippen LogP contribution in [-0.4, -0.2) is 46.5 Å². The molecule has 0 spiro atoms. The summed E-state index contributed by atoms with van der Waals surface area (Å²) in [6.07, 6.45) is 4.35. The van der Waals surface area contributed by atoms with E-state index in [2.05, 4.69) is 34.2 Å². The van der Waals surface area contributed by atoms with Crippen LogP contribution < -0.4 is 4.74 Å². The Morgan fingerprint density at radius 1 is 1.43 bits per heavy atom. The maximum Gasteiger partial charge on any atom is 0.119 e. The van der Waals surface area contributed by atoms with Crippen LogP contribution in [0.1, 0.15) is 35.6 Å². The van der Waals surface area contributed by atoms with Crippen molar-refractivity contribution in [3.63, 3.8) is 0 Å². The molecule has 1 aromatic carbocycles. The van der Waals surface area contributed by atoms with E-state index >= 15 is 0 Å². The number of aliphatic hydroxyl groups excluding tert-OH is 1. The molecular formula is C18H25N3O2. The summed E-state index contributed by atoms with van der Waals surface area (Å²) in [5, 5.41) is 16.2. The number of aromatic nitrogens is 2. The van der Waals surface area contributed by atoms with Gasteiger partial charge in [0.05, 0.1) is 12.8 Å². The quantitative estimate of drug-likeness (QED) is 0.860. The van der Waals surface area contributed by atoms with Crippen molar-refractivity contribution in [1.82, 2.24) is 15.1 Å². The molecule has 5 nitrogen and oxygen atoms in total. The second kappa shape index (κ2) is 7.62. The fourth-order valence-electron chi connectivity index (χ4n) is 3.36. The minimum Gasteiger partial charge on any atom is -0.491 e. The molecule has 2 N–H and O–H groups in total. The van der Waals surface area contributed by atoms with Gasteiger partial charge in [-0.25, -0.2) is 0 Å². The number of aliphatic hydroxyl groups is 1. The number of piperidine rings is 1. The molecule has 0 saturated carbocycles. The van der Waals surface area contributed by atoms with E-state index in [9.17, 15) is 0 Å². The SMILES string of the molecule is Cc1cn[nH]c1[C@H]1CCCN(Cc2cccc(OCCO)c2)C1. The Hall–Kier alpha value is -1.85. The average molecular weight is 315 g/mol. The predicted molar refractivity (Wildman–Crippen MR) is 89.6 cm³/mol. The molecule has 1 aliphatic rings. The molecule has 1 atom stereocenters. The highest BCUT2D eigenvalue weighted by atomic mass is 16.5. The van der Waals surface area contributed by atoms with E-state index in [0.29, 0.717) is 12.5 Å². The number of H-pyrrole nitrogens is 1. The van der Waals surface area contributed by atoms with E-state index in [4.69, 9.17) is 9.84 Å². The molecule has 0 aliphatic carbocycles. The lowest BCUT2D eigenvalue weighted by Crippen LogP contribution is -2.34. The highest BCUT2D eigenvalue weighted by molar-refractivity contribution is 5.28. The zero-order valence-electron chi connectivity index (χ0n) is 13.7. The number of hydrogen-bond donors (Lipinski definition) is 2. The summed E-state index contributed by atoms with van der Waals surface area (Å²) >= 11 is 0. The number of nitrogens with one attached hydrogen (secondary N) is 1. The Balaban J connectivity index is 1.62. The van der Waals surface area contributed by atoms with Gasteiger partial charge in [0.25, 0.3) is 0 Å². The molecular weight excluding hydrogens is 290 g/mol. The van der Waals surface area contributed by atoms with E-state index < -0.39 is 0 Å². The fourth-order valence-corrected chi connectivity index (χ4v) is 3.36. The predicted octanol–water partition coefficient (Wildman–Crippen LogP) is 2.47. The molecule has 1 fully saturated rings. The van der Waals surface area contributed by atoms with Gasteiger partial charge in [0.1, 0.15) is 12.4 Å². The Morgan fingerprint density at radius 2 is 2.35 bits per heavy atom. The van der Waals surface area contributed by atoms with Gasteiger partial charge in [-0.05, 0) is 49.6 Å². The Morgan fingerprint density at radius 3 is 3.13 bits per heavy atom. The van der Waals surface area contributed by atoms with Crippen molar-refractivity contribution < 1.29 is 9.84 Å². The molecule has 2 aromatic rings. The number of likely N-dealkylation sites (tertiary alicyclic amines) is 1. The van der Waals surface area contributed by atoms with Gasteiger partial charge in [-0.2, -0.15) is 5.10 Å². The fraction of sp³-hybridized carbons (Fsp3) is 0.500. The third-order valence-corrected chi connectivity index (χ3v) is 4.45. The molecule has 0 bridgehead atoms. The van der Waals surface area contributed by atoms with Gasteiger partial charge in [0, 0.05) is 24.7 Å². The first kappa shape index (κ1) is 16.0. The lowest BCUT2D eigenvalue weighted by atomic mass is 9.92. The van der Waals surface area contributed by atoms with Gasteiger partial charge < -0.3 is 9.84 Å². The number of aryl methyl sites for hydroxylation is 1. The normalized spacial score (nSPS) is 19.0. The number of benzene rings is 1. The Kier molecular flexibility index (Phi) is 5.31. The van der Waals surface area contributed by atoms with Crippen LogP contribution in [0.5, 0.6) is 5.75 Å². The Labute approximate surface area is 137 Å². The topological polar surface area (TPSA) is 61.4 Å². The van der Waals surface area contributed by atoms with Crippen LogP contribution >= 0.6 is 0 Å². The first-order valence-electron chi connectivity index (χ1n) is 8.31. The lowest BCUT2D eigenvalue weighted by molar-refractivity contribution is 0.195. The Bertz CT molecular complexity index is 626. The van der Waals surface area contributed by atoms with Crippen LogP contribution in [0.15, 0.2) is 30.5 Å². The molecule has 1 aliphatic heterocycles. The van der Waals surface area contributed by atoms with E-state index in [0.717, 1.165) is 25.4 Å². The largest absolute Gasteiger partial charge is 0.491 e. The molecule has 3 rings (SSSR count). The van der Waals surface area contributed by atoms with Gasteiger partial charge in [-0.3, -0.25) is 10.00 Å². The minimum absolute atomic E-state index is 0.0432. The van der Waals surface area contributed by atoms with Gasteiger partial charge >= 0.3 is 0 Å². The molecule has 0 unspecified atom stereocenters. The number of ether oxygens (including phenoxy) is 1. The van der Waals surface area contributed by atoms with Gasteiger partial charge in [0.15, 0.2) is 0 Å². The van der Waals surface area contributed by atoms with Gasteiger partial charge in [-0.1, -0.05) is 12.1 Å². The number of hydrogen-bond acceptors (Lipinski definition) is 4. The van der Waals surface area contributed by atoms with Crippen LogP contribution in [0.4, 0.5) is 0 Å². The summed E-state index contributed by atoms with van der Waals surface area (Å²) in [5.74, 6) is 1.37. The van der Waals surface area contributed by atoms with Crippen LogP contribution in [-0.2, 0) is 6.54 Å². The molecule has 1 saturated heterocycles. The maximum atomic E-state index is 8.86. The number of nitrogens with zero attached hydrogens (tertiary/aromatic N) is 2. The van der Waals surface area contributed by atoms with Crippen LogP contribution in [0, 0.1) is 6.92 Å². The second-order valence-electron chi connectivity index (χ2n) is 6.26. The zero-order valence-corrected chi connectivity index (χ0v) is 13.7. The monoisotopic (exact) mass is 315 g/mol. The average Bonchev–Trinajstić information content (AvgIpc) is 3.00. The van der Waals surface area contributed by atoms with Crippen LogP contribution in [0.25, 0.3) is 0 Å². The van der Waals surface area contributed by atoms with Crippen molar-refractivity contribution in [2.75, 3.05) is 26.3 Å². The van der Waals surface area contributed by atoms with Crippen LogP contribution in [0.3, 0.4) is 0 Å². The molecule has 0 radical (unpaired) electrons. The summed E-state index contributed by atoms with van der Waals surface area (Å²) in [4.78, 5) is 2.50. The van der Waals surface area contributed by atoms with E-state index in [1.807, 2.05) is 18.3 Å². The molecule has 0 amide bonds. The number of rotatable bonds is 6. The summed E-state index contributed by atoms with van der Waals surface area (Å²) < 4.78 is 5.50. The molecule has 1 aromatic heterocycles. The smallest absolute Gasteiger partial charge is 0.119 e. The van der Waals surface area contributed by atoms with E-state index in [1.54, 1.807) is 0 Å². The number of aromatic amines is 1. The van der Waals surface area contributed by atoms with Crippen molar-refractivity contribution in [1.29, 1.82) is 0 Å².